The highest BCUT2D eigenvalue weighted by molar-refractivity contribution is 6.22. The SMILES string of the molecule is CC(C)(C)c1cc(Oc2cc3c(cc2Oc2cc(C(C)(C)C)cc(C(C)(C)C)c2)-c2nc-3nc3[nH]c(nc4nc(nc5[nH]c(n2)c2cc6nc7c8cccnc8c8ncccc8c7nc6cc52)-c2cc(Oc5cc(C(C)(C)C)cc(C(C)(C)C)c5)c(Oc5cc(C(C)(C)C)cc(C(C)(C)C)c5)cc2-4)c2cc(Oc4cc(C(C)(C)C)cc(C(C)(C)C)c4)c(Oc4cc(C(C)(C)C)cc(C(C)(C)C)c4)cc32)cc(C(C)(C)C)c1. The van der Waals surface area contributed by atoms with Crippen LogP contribution in [0, 0.1) is 0 Å². The number of pyridine rings is 2. The zero-order valence-electron chi connectivity index (χ0n) is 92.4. The molecule has 750 valence electrons. The van der Waals surface area contributed by atoms with Crippen molar-refractivity contribution in [2.45, 2.75) is 314 Å². The van der Waals surface area contributed by atoms with Crippen LogP contribution in [0.2, 0.25) is 0 Å². The number of aromatic amines is 2. The molecule has 0 atom stereocenters. The van der Waals surface area contributed by atoms with Gasteiger partial charge in [-0.25, -0.2) is 39.9 Å². The van der Waals surface area contributed by atoms with Crippen molar-refractivity contribution in [2.75, 3.05) is 0 Å². The van der Waals surface area contributed by atoms with E-state index in [1.807, 2.05) is 72.8 Å². The Balaban J connectivity index is 0.982. The molecule has 0 radical (unpaired) electrons. The number of ether oxygens (including phenoxy) is 6. The summed E-state index contributed by atoms with van der Waals surface area (Å²) in [5.74, 6) is 7.40. The van der Waals surface area contributed by atoms with Crippen molar-refractivity contribution >= 4 is 88.0 Å². The Bertz CT molecular complexity index is 7740. The molecule has 0 saturated heterocycles. The van der Waals surface area contributed by atoms with E-state index in [1.165, 1.54) is 0 Å². The molecule has 2 N–H and O–H groups in total. The minimum absolute atomic E-state index is 0.268. The topological polar surface area (TPSA) is 216 Å². The van der Waals surface area contributed by atoms with Crippen LogP contribution in [0.4, 0.5) is 0 Å². The van der Waals surface area contributed by atoms with E-state index in [4.69, 9.17) is 78.3 Å². The molecule has 6 aromatic heterocycles. The van der Waals surface area contributed by atoms with Gasteiger partial charge in [-0.15, -0.1) is 0 Å². The number of hydrogen-bond acceptors (Lipinski definition) is 16. The van der Waals surface area contributed by atoms with Crippen LogP contribution in [0.1, 0.15) is 316 Å². The van der Waals surface area contributed by atoms with Gasteiger partial charge < -0.3 is 38.4 Å². The Hall–Kier alpha value is -14.0. The largest absolute Gasteiger partial charge is 0.453 e. The van der Waals surface area contributed by atoms with Crippen LogP contribution in [0.5, 0.6) is 69.0 Å². The Morgan fingerprint density at radius 1 is 0.178 bits per heavy atom. The monoisotopic (exact) mass is 1940 g/mol. The standard InChI is InChI=1S/C128H142N12O6/c1-117(2,3)69-43-70(118(4,5)6)50-81(49-69)141-99-63-91-93(65-101(99)143-83-53-73(121(13,14)15)45-74(54-83)122(16,17)18)113-136-111(91)134-109-89-61-97-98(132-108-88-40-38-42-130-106(88)105-87(107(108)131-97)39-37-41-129-105)62-90(89)110(133-109)135-112-92-64-100(142-82-51-71(119(7,8)9)44-72(52-82)120(10,11)12)102(144-84-55-75(123(19,20)21)46-76(56-84)124(22,23)24)66-94(92)114(137-112)139-116-96-68-104(146-86-59-79(127(31,32)33)48-80(60-86)128(34,35)36)103(67-95(96)115(138-113)140-116)145-85-57-77(125(25,26)27)47-78(58-85)126(28,29)30/h37-68H,1-36H3,(H2,133,134,135,136,137,138,139,140). The zero-order chi connectivity index (χ0) is 105. The minimum Gasteiger partial charge on any atom is -0.453 e. The summed E-state index contributed by atoms with van der Waals surface area (Å²) in [6, 6.07) is 63.7. The average molecular weight is 1940 g/mol. The maximum atomic E-state index is 7.63. The third kappa shape index (κ3) is 20.1. The molecule has 19 rings (SSSR count). The lowest BCUT2D eigenvalue weighted by molar-refractivity contribution is 0.414. The third-order valence-corrected chi connectivity index (χ3v) is 28.4. The zero-order valence-corrected chi connectivity index (χ0v) is 92.4. The van der Waals surface area contributed by atoms with Crippen molar-refractivity contribution < 1.29 is 28.4 Å². The molecule has 8 bridgehead atoms. The number of benzene rings is 11. The van der Waals surface area contributed by atoms with Gasteiger partial charge in [0, 0.05) is 67.0 Å². The Kier molecular flexibility index (Phi) is 24.0. The van der Waals surface area contributed by atoms with E-state index in [-0.39, 0.29) is 76.6 Å². The first kappa shape index (κ1) is 101. The first-order valence-corrected chi connectivity index (χ1v) is 51.4. The molecule has 11 aromatic carbocycles. The molecule has 146 heavy (non-hydrogen) atoms. The third-order valence-electron chi connectivity index (χ3n) is 28.4. The molecule has 0 spiro atoms. The van der Waals surface area contributed by atoms with Gasteiger partial charge in [-0.2, -0.15) is 0 Å². The van der Waals surface area contributed by atoms with Gasteiger partial charge in [0.1, 0.15) is 57.1 Å². The highest BCUT2D eigenvalue weighted by Gasteiger charge is 2.36. The van der Waals surface area contributed by atoms with Crippen molar-refractivity contribution in [2.24, 2.45) is 0 Å². The second-order valence-electron chi connectivity index (χ2n) is 52.8. The van der Waals surface area contributed by atoms with Crippen LogP contribution in [-0.4, -0.2) is 59.8 Å². The summed E-state index contributed by atoms with van der Waals surface area (Å²) >= 11 is 0. The van der Waals surface area contributed by atoms with Crippen LogP contribution in [0.15, 0.2) is 194 Å². The quantitative estimate of drug-likeness (QED) is 0.0859. The number of aromatic nitrogens is 12. The molecular formula is C128H142N12O6. The first-order chi connectivity index (χ1) is 67.7. The molecule has 18 nitrogen and oxygen atoms in total. The molecule has 0 unspecified atom stereocenters. The number of hydrogen-bond donors (Lipinski definition) is 2. The van der Waals surface area contributed by atoms with E-state index in [2.05, 4.69) is 368 Å². The maximum absolute atomic E-state index is 7.63. The summed E-state index contributed by atoms with van der Waals surface area (Å²) in [6.07, 6.45) is 3.59. The number of H-pyrrole nitrogens is 2. The second kappa shape index (κ2) is 34.9. The summed E-state index contributed by atoms with van der Waals surface area (Å²) in [5.41, 5.74) is 17.9. The van der Waals surface area contributed by atoms with Gasteiger partial charge in [-0.3, -0.25) is 9.97 Å². The van der Waals surface area contributed by atoms with Gasteiger partial charge in [0.2, 0.25) is 0 Å². The van der Waals surface area contributed by atoms with Gasteiger partial charge in [0.15, 0.2) is 57.8 Å². The van der Waals surface area contributed by atoms with Crippen LogP contribution >= 0.6 is 0 Å². The van der Waals surface area contributed by atoms with E-state index < -0.39 is 0 Å². The molecule has 17 aromatic rings. The average Bonchev–Trinajstić information content (AvgIpc) is 1.37. The van der Waals surface area contributed by atoms with Crippen molar-refractivity contribution in [1.82, 2.24) is 59.8 Å². The van der Waals surface area contributed by atoms with Crippen LogP contribution in [-0.2, 0) is 65.0 Å². The van der Waals surface area contributed by atoms with Crippen molar-refractivity contribution in [3.8, 4) is 115 Å². The fraction of sp³-hybridized carbons (Fsp3) is 0.375. The summed E-state index contributed by atoms with van der Waals surface area (Å²) in [7, 11) is 0. The molecule has 18 heteroatoms. The number of rotatable bonds is 12. The molecule has 0 fully saturated rings. The number of nitrogens with one attached hydrogen (secondary N) is 2. The fourth-order valence-electron chi connectivity index (χ4n) is 18.7. The molecule has 0 saturated carbocycles. The van der Waals surface area contributed by atoms with E-state index >= 15 is 0 Å². The molecule has 0 aliphatic carbocycles. The predicted octanol–water partition coefficient (Wildman–Crippen LogP) is 35.4. The summed E-state index contributed by atoms with van der Waals surface area (Å²) in [4.78, 5) is 64.0. The van der Waals surface area contributed by atoms with E-state index in [0.717, 1.165) is 88.6 Å². The number of fused-ring (bicyclic) bond motifs is 27. The van der Waals surface area contributed by atoms with Crippen molar-refractivity contribution in [1.29, 1.82) is 0 Å². The summed E-state index contributed by atoms with van der Waals surface area (Å²) in [6.45, 7) is 80.6. The highest BCUT2D eigenvalue weighted by atomic mass is 16.5. The first-order valence-electron chi connectivity index (χ1n) is 51.4. The maximum Gasteiger partial charge on any atom is 0.170 e. The normalized spacial score (nSPS) is 13.3. The van der Waals surface area contributed by atoms with Gasteiger partial charge in [0.25, 0.3) is 0 Å². The molecule has 2 aliphatic heterocycles. The summed E-state index contributed by atoms with van der Waals surface area (Å²) < 4.78 is 45.6. The lowest BCUT2D eigenvalue weighted by atomic mass is 9.80. The Morgan fingerprint density at radius 3 is 0.541 bits per heavy atom. The van der Waals surface area contributed by atoms with E-state index in [0.29, 0.717) is 169 Å². The smallest absolute Gasteiger partial charge is 0.170 e. The molecule has 8 heterocycles. The molecule has 2 aliphatic rings. The predicted molar refractivity (Wildman–Crippen MR) is 601 cm³/mol. The Labute approximate surface area is 860 Å². The van der Waals surface area contributed by atoms with Crippen LogP contribution in [0.25, 0.3) is 134 Å². The molecule has 0 amide bonds. The lowest BCUT2D eigenvalue weighted by Crippen LogP contribution is -2.16. The van der Waals surface area contributed by atoms with Gasteiger partial charge in [-0.05, 0) is 277 Å². The number of nitrogens with zero attached hydrogens (tertiary/aromatic N) is 10. The summed E-state index contributed by atoms with van der Waals surface area (Å²) in [5, 5.41) is 4.15. The Morgan fingerprint density at radius 2 is 0.356 bits per heavy atom. The lowest BCUT2D eigenvalue weighted by Gasteiger charge is -2.27. The molecular weight excluding hydrogens is 1800 g/mol. The highest BCUT2D eigenvalue weighted by Crippen LogP contribution is 2.54. The van der Waals surface area contributed by atoms with E-state index in [1.54, 1.807) is 12.4 Å². The fourth-order valence-corrected chi connectivity index (χ4v) is 18.7. The minimum atomic E-state index is -0.273. The van der Waals surface area contributed by atoms with Crippen molar-refractivity contribution in [3.63, 3.8) is 0 Å². The van der Waals surface area contributed by atoms with E-state index in [9.17, 15) is 0 Å². The van der Waals surface area contributed by atoms with Gasteiger partial charge in [-0.1, -0.05) is 286 Å². The van der Waals surface area contributed by atoms with Crippen LogP contribution < -0.4 is 28.4 Å². The van der Waals surface area contributed by atoms with Crippen LogP contribution in [0.3, 0.4) is 0 Å². The van der Waals surface area contributed by atoms with Crippen molar-refractivity contribution in [3.05, 3.63) is 261 Å². The van der Waals surface area contributed by atoms with Gasteiger partial charge >= 0.3 is 0 Å². The second-order valence-corrected chi connectivity index (χ2v) is 52.8. The van der Waals surface area contributed by atoms with Gasteiger partial charge in [0.05, 0.1) is 33.1 Å².